The summed E-state index contributed by atoms with van der Waals surface area (Å²) in [6.07, 6.45) is 1.18. The zero-order valence-corrected chi connectivity index (χ0v) is 29.7. The summed E-state index contributed by atoms with van der Waals surface area (Å²) in [7, 11) is 2.66. The second-order valence-corrected chi connectivity index (χ2v) is 14.1. The van der Waals surface area contributed by atoms with Gasteiger partial charge in [0.1, 0.15) is 31.3 Å². The third-order valence-electron chi connectivity index (χ3n) is 6.06. The van der Waals surface area contributed by atoms with Crippen LogP contribution in [0.4, 0.5) is 5.13 Å². The number of nitrogens with one attached hydrogen (secondary N) is 1. The number of nitrogen functional groups attached to an aromatic ring is 1. The van der Waals surface area contributed by atoms with Gasteiger partial charge in [0, 0.05) is 28.7 Å². The number of hydrogen-bond acceptors (Lipinski definition) is 18. The summed E-state index contributed by atoms with van der Waals surface area (Å²) in [5.74, 6) is -2.48. The molecule has 4 N–H and O–H groups in total. The van der Waals surface area contributed by atoms with E-state index in [0.717, 1.165) is 16.2 Å². The van der Waals surface area contributed by atoms with Crippen molar-refractivity contribution in [2.75, 3.05) is 31.5 Å². The number of nitrogens with zero attached hydrogens (tertiary/aromatic N) is 6. The number of hydrogen-bond donors (Lipinski definition) is 3. The van der Waals surface area contributed by atoms with E-state index in [0.29, 0.717) is 25.7 Å². The van der Waals surface area contributed by atoms with Crippen LogP contribution in [0.25, 0.3) is 0 Å². The Morgan fingerprint density at radius 3 is 2.58 bits per heavy atom. The molecule has 0 radical (unpaired) electrons. The number of pyridine rings is 1. The molecule has 16 nitrogen and oxygen atoms in total. The molecule has 3 aromatic rings. The number of carbonyl (C=O) groups is 3. The number of aromatic hydroxyl groups is 1. The van der Waals surface area contributed by atoms with Crippen molar-refractivity contribution in [3.8, 4) is 5.75 Å². The number of anilines is 1. The van der Waals surface area contributed by atoms with Crippen molar-refractivity contribution in [3.05, 3.63) is 50.5 Å². The first kappa shape index (κ1) is 35.1. The Hall–Kier alpha value is -2.79. The van der Waals surface area contributed by atoms with E-state index in [2.05, 4.69) is 25.7 Å². The van der Waals surface area contributed by atoms with Gasteiger partial charge >= 0.3 is 29.6 Å². The summed E-state index contributed by atoms with van der Waals surface area (Å²) in [6, 6.07) is 0.265. The molecule has 5 heterocycles. The second-order valence-electron chi connectivity index (χ2n) is 8.73. The molecule has 2 aliphatic rings. The zero-order valence-electron chi connectivity index (χ0n) is 23.6. The Kier molecular flexibility index (Phi) is 11.8. The van der Waals surface area contributed by atoms with Gasteiger partial charge in [0.25, 0.3) is 11.8 Å². The van der Waals surface area contributed by atoms with Crippen molar-refractivity contribution in [3.63, 3.8) is 0 Å². The van der Waals surface area contributed by atoms with Crippen molar-refractivity contribution in [1.82, 2.24) is 30.1 Å². The molecule has 5 rings (SSSR count). The van der Waals surface area contributed by atoms with Gasteiger partial charge in [-0.3, -0.25) is 19.3 Å². The average Bonchev–Trinajstić information content (AvgIpc) is 3.65. The predicted octanol–water partition coefficient (Wildman–Crippen LogP) is -3.65. The monoisotopic (exact) mass is 720 g/mol. The third-order valence-corrected chi connectivity index (χ3v) is 11.4. The van der Waals surface area contributed by atoms with Crippen LogP contribution in [0.5, 0.6) is 5.75 Å². The average molecular weight is 721 g/mol. The minimum absolute atomic E-state index is 0. The van der Waals surface area contributed by atoms with E-state index in [1.54, 1.807) is 0 Å². The topological polar surface area (TPSA) is 227 Å². The summed E-state index contributed by atoms with van der Waals surface area (Å²) >= 11 is 6.23. The van der Waals surface area contributed by atoms with Crippen molar-refractivity contribution >= 4 is 86.6 Å². The maximum absolute atomic E-state index is 13.1. The van der Waals surface area contributed by atoms with Gasteiger partial charge in [-0.05, 0) is 5.57 Å². The van der Waals surface area contributed by atoms with Gasteiger partial charge in [0.05, 0.1) is 23.6 Å². The number of carbonyl (C=O) groups excluding carboxylic acids is 3. The van der Waals surface area contributed by atoms with Gasteiger partial charge < -0.3 is 35.7 Å². The molecule has 1 saturated heterocycles. The van der Waals surface area contributed by atoms with Crippen LogP contribution in [-0.2, 0) is 25.0 Å². The number of nitrogens with two attached hydrogens (primary N) is 1. The van der Waals surface area contributed by atoms with Crippen molar-refractivity contribution in [2.24, 2.45) is 5.16 Å². The van der Waals surface area contributed by atoms with Crippen LogP contribution < -0.4 is 56.0 Å². The van der Waals surface area contributed by atoms with Crippen LogP contribution in [0.2, 0.25) is 0 Å². The molecule has 2 amide bonds. The molecular formula is C23H21N8NaO8S5. The van der Waals surface area contributed by atoms with E-state index in [-0.39, 0.29) is 63.3 Å². The first-order chi connectivity index (χ1) is 21.1. The Morgan fingerprint density at radius 2 is 1.96 bits per heavy atom. The number of thiazole rings is 1. The van der Waals surface area contributed by atoms with Gasteiger partial charge in [0.15, 0.2) is 25.3 Å². The number of carboxylic acid groups (broad SMARTS) is 1. The maximum atomic E-state index is 13.1. The van der Waals surface area contributed by atoms with Crippen LogP contribution in [-0.4, -0.2) is 90.6 Å². The first-order valence-electron chi connectivity index (χ1n) is 12.2. The minimum atomic E-state index is -1.50. The van der Waals surface area contributed by atoms with E-state index in [9.17, 15) is 29.4 Å². The minimum Gasteiger partial charge on any atom is -0.543 e. The van der Waals surface area contributed by atoms with E-state index in [1.807, 2.05) is 0 Å². The number of fused-ring (bicyclic) bond motifs is 1. The molecule has 45 heavy (non-hydrogen) atoms. The number of thioether (sulfide) groups is 3. The fraction of sp³-hybridized carbons (Fsp3) is 0.304. The molecule has 2 aliphatic heterocycles. The molecule has 0 saturated carbocycles. The third kappa shape index (κ3) is 7.62. The number of aromatic nitrogens is 4. The van der Waals surface area contributed by atoms with Crippen LogP contribution in [0.1, 0.15) is 11.4 Å². The smallest absolute Gasteiger partial charge is 0.543 e. The number of aliphatic carboxylic acids is 1. The summed E-state index contributed by atoms with van der Waals surface area (Å²) in [4.78, 5) is 65.0. The van der Waals surface area contributed by atoms with Gasteiger partial charge in [-0.1, -0.05) is 40.0 Å². The Balaban J connectivity index is 0.00000461. The maximum Gasteiger partial charge on any atom is 1.00 e. The molecule has 232 valence electrons. The Bertz CT molecular complexity index is 1740. The van der Waals surface area contributed by atoms with E-state index >= 15 is 0 Å². The van der Waals surface area contributed by atoms with E-state index < -0.39 is 40.4 Å². The van der Waals surface area contributed by atoms with Crippen LogP contribution in [0.3, 0.4) is 0 Å². The molecule has 0 aromatic carbocycles. The molecule has 0 bridgehead atoms. The van der Waals surface area contributed by atoms with Gasteiger partial charge in [-0.2, -0.15) is 4.73 Å². The van der Waals surface area contributed by atoms with Gasteiger partial charge in [-0.15, -0.1) is 33.3 Å². The summed E-state index contributed by atoms with van der Waals surface area (Å²) < 4.78 is 2.43. The molecule has 22 heteroatoms. The van der Waals surface area contributed by atoms with Gasteiger partial charge in [0.2, 0.25) is 5.43 Å². The van der Waals surface area contributed by atoms with Crippen molar-refractivity contribution in [2.45, 2.75) is 25.8 Å². The number of β-lactam (4-membered cyclic amide) rings is 1. The fourth-order valence-electron chi connectivity index (χ4n) is 4.10. The molecule has 3 aromatic heterocycles. The molecular weight excluding hydrogens is 700 g/mol. The Morgan fingerprint density at radius 1 is 1.24 bits per heavy atom. The SMILES string of the molecule is CO/N=C(\C(=O)N[C@@H]1C(=O)N2C(C(=O)[O-])=C(CSc3nnc(SCc4cc(=O)c(O)cn4OC)s3)CS[C@@H]12)c1csc(N)n1.[Na+]. The zero-order chi connectivity index (χ0) is 31.5. The number of oxime groups is 1. The second kappa shape index (κ2) is 15.2. The summed E-state index contributed by atoms with van der Waals surface area (Å²) in [5.41, 5.74) is 5.85. The quantitative estimate of drug-likeness (QED) is 0.0539. The van der Waals surface area contributed by atoms with Crippen molar-refractivity contribution < 1.29 is 63.8 Å². The molecule has 0 unspecified atom stereocenters. The van der Waals surface area contributed by atoms with Crippen LogP contribution in [0.15, 0.2) is 47.5 Å². The predicted molar refractivity (Wildman–Crippen MR) is 162 cm³/mol. The largest absolute Gasteiger partial charge is 1.00 e. The molecule has 0 aliphatic carbocycles. The van der Waals surface area contributed by atoms with Gasteiger partial charge in [-0.25, -0.2) is 4.98 Å². The normalized spacial score (nSPS) is 17.7. The summed E-state index contributed by atoms with van der Waals surface area (Å²) in [5, 5.41) is 37.4. The number of rotatable bonds is 12. The molecule has 2 atom stereocenters. The standard InChI is InChI=1S/C23H22N8O8S5.Na/c1-38-29-14(11-8-41-21(24)25-11)17(34)26-15-18(35)31-16(20(36)37)9(5-40-19(15)31)6-42-22-27-28-23(44-22)43-7-10-3-12(32)13(33)4-30(10)39-2;/h3-4,8,15,19,33H,5-7H2,1-2H3,(H2,24,25)(H,26,34)(H,36,37);/q;+1/p-1/b29-14-;/t15-,19+;/m1./s1. The Labute approximate surface area is 297 Å². The van der Waals surface area contributed by atoms with Crippen LogP contribution >= 0.6 is 58.0 Å². The number of carboxylic acids is 1. The fourth-order valence-corrected chi connectivity index (χ4v) is 9.11. The number of amides is 2. The molecule has 1 fully saturated rings. The van der Waals surface area contributed by atoms with E-state index in [4.69, 9.17) is 15.4 Å². The van der Waals surface area contributed by atoms with Crippen molar-refractivity contribution in [1.29, 1.82) is 0 Å². The van der Waals surface area contributed by atoms with E-state index in [1.165, 1.54) is 83.2 Å². The summed E-state index contributed by atoms with van der Waals surface area (Å²) in [6.45, 7) is 0. The first-order valence-corrected chi connectivity index (χ1v) is 16.9. The molecule has 0 spiro atoms. The van der Waals surface area contributed by atoms with Crippen LogP contribution in [0, 0.1) is 0 Å².